The number of ether oxygens (including phenoxy) is 1. The predicted molar refractivity (Wildman–Crippen MR) is 82.3 cm³/mol. The van der Waals surface area contributed by atoms with E-state index in [1.54, 1.807) is 18.2 Å². The van der Waals surface area contributed by atoms with E-state index in [1.807, 2.05) is 18.2 Å². The number of halogens is 2. The zero-order chi connectivity index (χ0) is 14.4. The second kappa shape index (κ2) is 7.41. The molecule has 2 aromatic rings. The molecule has 1 N–H and O–H groups in total. The van der Waals surface area contributed by atoms with Crippen molar-refractivity contribution in [2.24, 2.45) is 0 Å². The molecule has 0 saturated carbocycles. The van der Waals surface area contributed by atoms with Crippen molar-refractivity contribution in [3.05, 3.63) is 63.9 Å². The molecule has 0 aliphatic rings. The van der Waals surface area contributed by atoms with Gasteiger partial charge < -0.3 is 10.1 Å². The number of nitrogens with one attached hydrogen (secondary N) is 1. The molecule has 0 heterocycles. The molecule has 2 rings (SSSR count). The molecule has 0 bridgehead atoms. The van der Waals surface area contributed by atoms with Gasteiger partial charge in [0.05, 0.1) is 4.47 Å². The average Bonchev–Trinajstić information content (AvgIpc) is 2.45. The number of rotatable bonds is 6. The Labute approximate surface area is 127 Å². The highest BCUT2D eigenvalue weighted by Crippen LogP contribution is 2.27. The first-order chi connectivity index (χ1) is 9.70. The first-order valence-electron chi connectivity index (χ1n) is 6.56. The van der Waals surface area contributed by atoms with E-state index in [1.165, 1.54) is 11.6 Å². The van der Waals surface area contributed by atoms with Crippen molar-refractivity contribution in [2.75, 3.05) is 6.54 Å². The fourth-order valence-corrected chi connectivity index (χ4v) is 2.35. The van der Waals surface area contributed by atoms with Gasteiger partial charge in [0.15, 0.2) is 0 Å². The van der Waals surface area contributed by atoms with Gasteiger partial charge in [-0.25, -0.2) is 4.39 Å². The van der Waals surface area contributed by atoms with Crippen LogP contribution in [0.2, 0.25) is 0 Å². The minimum Gasteiger partial charge on any atom is -0.488 e. The molecule has 0 aliphatic carbocycles. The zero-order valence-corrected chi connectivity index (χ0v) is 12.9. The summed E-state index contributed by atoms with van der Waals surface area (Å²) in [7, 11) is 0. The van der Waals surface area contributed by atoms with Crippen molar-refractivity contribution in [3.8, 4) is 5.75 Å². The van der Waals surface area contributed by atoms with Crippen LogP contribution in [0, 0.1) is 5.82 Å². The first-order valence-corrected chi connectivity index (χ1v) is 7.35. The molecule has 2 nitrogen and oxygen atoms in total. The van der Waals surface area contributed by atoms with Crippen LogP contribution in [0.4, 0.5) is 4.39 Å². The van der Waals surface area contributed by atoms with Gasteiger partial charge in [-0.1, -0.05) is 31.2 Å². The summed E-state index contributed by atoms with van der Waals surface area (Å²) < 4.78 is 20.0. The fourth-order valence-electron chi connectivity index (χ4n) is 1.81. The van der Waals surface area contributed by atoms with Crippen molar-refractivity contribution in [1.29, 1.82) is 0 Å². The Hall–Kier alpha value is -1.39. The second-order valence-corrected chi connectivity index (χ2v) is 5.28. The van der Waals surface area contributed by atoms with E-state index >= 15 is 0 Å². The van der Waals surface area contributed by atoms with E-state index < -0.39 is 0 Å². The topological polar surface area (TPSA) is 21.3 Å². The van der Waals surface area contributed by atoms with E-state index in [9.17, 15) is 4.39 Å². The first kappa shape index (κ1) is 15.0. The van der Waals surface area contributed by atoms with Crippen LogP contribution in [0.1, 0.15) is 18.1 Å². The lowest BCUT2D eigenvalue weighted by atomic mass is 10.2. The monoisotopic (exact) mass is 337 g/mol. The smallest absolute Gasteiger partial charge is 0.134 e. The van der Waals surface area contributed by atoms with Crippen molar-refractivity contribution < 1.29 is 9.13 Å². The summed E-state index contributed by atoms with van der Waals surface area (Å²) in [5.41, 5.74) is 1.73. The van der Waals surface area contributed by atoms with Gasteiger partial charge in [0.1, 0.15) is 18.2 Å². The Balaban J connectivity index is 2.01. The average molecular weight is 338 g/mol. The minimum atomic E-state index is -0.243. The van der Waals surface area contributed by atoms with Crippen LogP contribution in [0.3, 0.4) is 0 Å². The maximum atomic E-state index is 13.5. The van der Waals surface area contributed by atoms with Crippen molar-refractivity contribution in [1.82, 2.24) is 5.32 Å². The molecule has 0 spiro atoms. The van der Waals surface area contributed by atoms with Crippen LogP contribution in [-0.4, -0.2) is 6.54 Å². The third-order valence-corrected chi connectivity index (χ3v) is 3.54. The fraction of sp³-hybridized carbons (Fsp3) is 0.250. The van der Waals surface area contributed by atoms with Crippen molar-refractivity contribution in [2.45, 2.75) is 20.1 Å². The lowest BCUT2D eigenvalue weighted by Gasteiger charge is -2.10. The van der Waals surface area contributed by atoms with Gasteiger partial charge in [-0.05, 0) is 46.2 Å². The second-order valence-electron chi connectivity index (χ2n) is 4.43. The number of hydrogen-bond acceptors (Lipinski definition) is 2. The van der Waals surface area contributed by atoms with Crippen LogP contribution in [-0.2, 0) is 13.2 Å². The van der Waals surface area contributed by atoms with Crippen LogP contribution in [0.15, 0.2) is 46.9 Å². The summed E-state index contributed by atoms with van der Waals surface area (Å²) in [4.78, 5) is 0. The molecular formula is C16H17BrFNO. The molecule has 106 valence electrons. The van der Waals surface area contributed by atoms with E-state index in [0.717, 1.165) is 17.6 Å². The highest BCUT2D eigenvalue weighted by molar-refractivity contribution is 9.10. The Morgan fingerprint density at radius 3 is 2.70 bits per heavy atom. The summed E-state index contributed by atoms with van der Waals surface area (Å²) in [5.74, 6) is 0.473. The third kappa shape index (κ3) is 4.05. The maximum absolute atomic E-state index is 13.5. The molecule has 0 fully saturated rings. The van der Waals surface area contributed by atoms with Crippen molar-refractivity contribution >= 4 is 15.9 Å². The maximum Gasteiger partial charge on any atom is 0.134 e. The molecule has 0 atom stereocenters. The van der Waals surface area contributed by atoms with E-state index in [0.29, 0.717) is 11.3 Å². The molecule has 4 heteroatoms. The molecule has 0 radical (unpaired) electrons. The van der Waals surface area contributed by atoms with Crippen molar-refractivity contribution in [3.63, 3.8) is 0 Å². The van der Waals surface area contributed by atoms with Crippen LogP contribution < -0.4 is 10.1 Å². The van der Waals surface area contributed by atoms with E-state index in [2.05, 4.69) is 28.2 Å². The largest absolute Gasteiger partial charge is 0.488 e. The van der Waals surface area contributed by atoms with E-state index in [-0.39, 0.29) is 12.4 Å². The standard InChI is InChI=1S/C16H17BrFNO/c1-2-19-10-12-7-8-16(14(17)9-12)20-11-13-5-3-4-6-15(13)18/h3-9,19H,2,10-11H2,1H3. The quantitative estimate of drug-likeness (QED) is 0.849. The summed E-state index contributed by atoms with van der Waals surface area (Å²) in [5, 5.41) is 3.27. The molecule has 0 unspecified atom stereocenters. The third-order valence-electron chi connectivity index (χ3n) is 2.92. The lowest BCUT2D eigenvalue weighted by molar-refractivity contribution is 0.298. The van der Waals surface area contributed by atoms with Gasteiger partial charge in [0, 0.05) is 12.1 Å². The molecule has 0 aliphatic heterocycles. The highest BCUT2D eigenvalue weighted by Gasteiger charge is 2.05. The van der Waals surface area contributed by atoms with Crippen LogP contribution in [0.25, 0.3) is 0 Å². The molecule has 2 aromatic carbocycles. The molecule has 20 heavy (non-hydrogen) atoms. The van der Waals surface area contributed by atoms with E-state index in [4.69, 9.17) is 4.74 Å². The van der Waals surface area contributed by atoms with Crippen LogP contribution in [0.5, 0.6) is 5.75 Å². The Morgan fingerprint density at radius 1 is 1.20 bits per heavy atom. The summed E-state index contributed by atoms with van der Waals surface area (Å²) in [6, 6.07) is 12.6. The van der Waals surface area contributed by atoms with Crippen LogP contribution >= 0.6 is 15.9 Å². The van der Waals surface area contributed by atoms with Gasteiger partial charge in [-0.3, -0.25) is 0 Å². The van der Waals surface area contributed by atoms with Gasteiger partial charge in [-0.2, -0.15) is 0 Å². The summed E-state index contributed by atoms with van der Waals surface area (Å²) >= 11 is 3.48. The van der Waals surface area contributed by atoms with Gasteiger partial charge in [0.2, 0.25) is 0 Å². The SMILES string of the molecule is CCNCc1ccc(OCc2ccccc2F)c(Br)c1. The lowest BCUT2D eigenvalue weighted by Crippen LogP contribution is -2.11. The molecular weight excluding hydrogens is 321 g/mol. The molecule has 0 amide bonds. The Bertz CT molecular complexity index is 574. The highest BCUT2D eigenvalue weighted by atomic mass is 79.9. The molecule has 0 saturated heterocycles. The number of hydrogen-bond donors (Lipinski definition) is 1. The Morgan fingerprint density at radius 2 is 2.00 bits per heavy atom. The normalized spacial score (nSPS) is 10.6. The predicted octanol–water partition coefficient (Wildman–Crippen LogP) is 4.28. The minimum absolute atomic E-state index is 0.220. The number of benzene rings is 2. The molecule has 0 aromatic heterocycles. The van der Waals surface area contributed by atoms with Gasteiger partial charge >= 0.3 is 0 Å². The van der Waals surface area contributed by atoms with Gasteiger partial charge in [0.25, 0.3) is 0 Å². The Kier molecular flexibility index (Phi) is 5.56. The zero-order valence-electron chi connectivity index (χ0n) is 11.3. The summed E-state index contributed by atoms with van der Waals surface area (Å²) in [6.45, 7) is 4.05. The summed E-state index contributed by atoms with van der Waals surface area (Å²) in [6.07, 6.45) is 0. The van der Waals surface area contributed by atoms with Gasteiger partial charge in [-0.15, -0.1) is 0 Å².